The maximum Gasteiger partial charge on any atom is 0.319 e. The number of likely N-dealkylation sites (N-methyl/N-ethyl adjacent to an activating group) is 1. The summed E-state index contributed by atoms with van der Waals surface area (Å²) in [7, 11) is 1.74. The molecule has 0 aromatic carbocycles. The Kier molecular flexibility index (Phi) is 5.60. The zero-order valence-corrected chi connectivity index (χ0v) is 12.1. The van der Waals surface area contributed by atoms with Crippen LogP contribution < -0.4 is 0 Å². The highest BCUT2D eigenvalue weighted by molar-refractivity contribution is 5.76. The average molecular weight is 272 g/mol. The molecular weight excluding hydrogens is 248 g/mol. The molecule has 0 bridgehead atoms. The second-order valence-corrected chi connectivity index (χ2v) is 5.42. The van der Waals surface area contributed by atoms with E-state index >= 15 is 0 Å². The molecule has 0 radical (unpaired) electrons. The van der Waals surface area contributed by atoms with Crippen molar-refractivity contribution in [3.63, 3.8) is 0 Å². The maximum absolute atomic E-state index is 12.0. The Morgan fingerprint density at radius 2 is 1.95 bits per heavy atom. The van der Waals surface area contributed by atoms with Crippen LogP contribution in [0.5, 0.6) is 0 Å². The number of carboxylic acids is 1. The van der Waals surface area contributed by atoms with E-state index in [0.717, 1.165) is 0 Å². The van der Waals surface area contributed by atoms with Crippen LogP contribution >= 0.6 is 0 Å². The largest absolute Gasteiger partial charge is 0.481 e. The van der Waals surface area contributed by atoms with Gasteiger partial charge in [0.25, 0.3) is 0 Å². The number of nitrogens with zero attached hydrogens (tertiary/aromatic N) is 2. The van der Waals surface area contributed by atoms with Crippen molar-refractivity contribution < 1.29 is 19.4 Å². The van der Waals surface area contributed by atoms with E-state index in [1.807, 2.05) is 13.8 Å². The zero-order chi connectivity index (χ0) is 14.6. The molecule has 1 N–H and O–H groups in total. The van der Waals surface area contributed by atoms with Crippen LogP contribution in [-0.4, -0.2) is 66.3 Å². The summed E-state index contributed by atoms with van der Waals surface area (Å²) in [6, 6.07) is -0.0544. The molecule has 6 heteroatoms. The third kappa shape index (κ3) is 4.38. The second-order valence-electron chi connectivity index (χ2n) is 5.42. The standard InChI is InChI=1S/C13H24N2O4/c1-9(2)19-6-5-14(4)13(18)15-7-11(8-15)10(3)12(16)17/h9-11H,5-8H2,1-4H3,(H,16,17). The third-order valence-electron chi connectivity index (χ3n) is 3.48. The molecule has 1 unspecified atom stereocenters. The summed E-state index contributed by atoms with van der Waals surface area (Å²) >= 11 is 0. The summed E-state index contributed by atoms with van der Waals surface area (Å²) in [5, 5.41) is 8.89. The van der Waals surface area contributed by atoms with Gasteiger partial charge in [-0.1, -0.05) is 6.92 Å². The van der Waals surface area contributed by atoms with Crippen molar-refractivity contribution in [1.82, 2.24) is 9.80 Å². The number of carbonyl (C=O) groups is 2. The van der Waals surface area contributed by atoms with E-state index in [2.05, 4.69) is 0 Å². The van der Waals surface area contributed by atoms with Gasteiger partial charge in [-0.15, -0.1) is 0 Å². The molecule has 2 amide bonds. The predicted octanol–water partition coefficient (Wildman–Crippen LogP) is 1.12. The molecule has 1 saturated heterocycles. The van der Waals surface area contributed by atoms with Gasteiger partial charge >= 0.3 is 12.0 Å². The molecular formula is C13H24N2O4. The molecule has 1 heterocycles. The predicted molar refractivity (Wildman–Crippen MR) is 71.0 cm³/mol. The van der Waals surface area contributed by atoms with Crippen molar-refractivity contribution in [2.75, 3.05) is 33.3 Å². The van der Waals surface area contributed by atoms with Gasteiger partial charge in [-0.2, -0.15) is 0 Å². The van der Waals surface area contributed by atoms with Crippen LogP contribution in [0.2, 0.25) is 0 Å². The molecule has 0 spiro atoms. The highest BCUT2D eigenvalue weighted by atomic mass is 16.5. The number of rotatable bonds is 6. The van der Waals surface area contributed by atoms with Gasteiger partial charge in [0.15, 0.2) is 0 Å². The van der Waals surface area contributed by atoms with Crippen molar-refractivity contribution in [2.24, 2.45) is 11.8 Å². The summed E-state index contributed by atoms with van der Waals surface area (Å²) in [6.45, 7) is 7.72. The third-order valence-corrected chi connectivity index (χ3v) is 3.48. The van der Waals surface area contributed by atoms with Crippen molar-refractivity contribution in [3.05, 3.63) is 0 Å². The highest BCUT2D eigenvalue weighted by Gasteiger charge is 2.38. The maximum atomic E-state index is 12.0. The number of amides is 2. The summed E-state index contributed by atoms with van der Waals surface area (Å²) in [5.41, 5.74) is 0. The first-order chi connectivity index (χ1) is 8.82. The second kappa shape index (κ2) is 6.75. The molecule has 0 aromatic heterocycles. The average Bonchev–Trinajstić information content (AvgIpc) is 2.25. The van der Waals surface area contributed by atoms with Gasteiger partial charge in [0.05, 0.1) is 18.6 Å². The van der Waals surface area contributed by atoms with Gasteiger partial charge in [-0.05, 0) is 13.8 Å². The quantitative estimate of drug-likeness (QED) is 0.786. The molecule has 1 fully saturated rings. The Bertz CT molecular complexity index is 327. The lowest BCUT2D eigenvalue weighted by molar-refractivity contribution is -0.144. The minimum Gasteiger partial charge on any atom is -0.481 e. The van der Waals surface area contributed by atoms with Gasteiger partial charge in [0, 0.05) is 32.6 Å². The smallest absolute Gasteiger partial charge is 0.319 e. The monoisotopic (exact) mass is 272 g/mol. The Morgan fingerprint density at radius 1 is 1.37 bits per heavy atom. The van der Waals surface area contributed by atoms with E-state index in [-0.39, 0.29) is 18.1 Å². The number of urea groups is 1. The highest BCUT2D eigenvalue weighted by Crippen LogP contribution is 2.24. The van der Waals surface area contributed by atoms with Gasteiger partial charge in [-0.25, -0.2) is 4.79 Å². The molecule has 1 rings (SSSR count). The fourth-order valence-electron chi connectivity index (χ4n) is 1.95. The van der Waals surface area contributed by atoms with Gasteiger partial charge in [-0.3, -0.25) is 4.79 Å². The molecule has 0 aromatic rings. The number of carboxylic acid groups (broad SMARTS) is 1. The van der Waals surface area contributed by atoms with E-state index < -0.39 is 11.9 Å². The van der Waals surface area contributed by atoms with Crippen LogP contribution in [0.3, 0.4) is 0 Å². The minimum atomic E-state index is -0.796. The number of aliphatic carboxylic acids is 1. The van der Waals surface area contributed by atoms with Crippen molar-refractivity contribution in [1.29, 1.82) is 0 Å². The first kappa shape index (κ1) is 15.8. The molecule has 1 atom stereocenters. The van der Waals surface area contributed by atoms with Crippen LogP contribution in [0, 0.1) is 11.8 Å². The zero-order valence-electron chi connectivity index (χ0n) is 12.1. The SMILES string of the molecule is CC(C)OCCN(C)C(=O)N1CC(C(C)C(=O)O)C1. The Morgan fingerprint density at radius 3 is 2.42 bits per heavy atom. The van der Waals surface area contributed by atoms with Crippen LogP contribution in [0.4, 0.5) is 4.79 Å². The van der Waals surface area contributed by atoms with E-state index in [0.29, 0.717) is 26.2 Å². The lowest BCUT2D eigenvalue weighted by Gasteiger charge is -2.42. The van der Waals surface area contributed by atoms with Gasteiger partial charge in [0.2, 0.25) is 0 Å². The van der Waals surface area contributed by atoms with E-state index in [1.165, 1.54) is 0 Å². The summed E-state index contributed by atoms with van der Waals surface area (Å²) in [5.74, 6) is -1.11. The van der Waals surface area contributed by atoms with Crippen LogP contribution in [-0.2, 0) is 9.53 Å². The number of hydrogen-bond donors (Lipinski definition) is 1. The Balaban J connectivity index is 2.27. The lowest BCUT2D eigenvalue weighted by Crippen LogP contribution is -2.57. The minimum absolute atomic E-state index is 0.0544. The summed E-state index contributed by atoms with van der Waals surface area (Å²) in [6.07, 6.45) is 0.160. The van der Waals surface area contributed by atoms with Crippen molar-refractivity contribution in [3.8, 4) is 0 Å². The van der Waals surface area contributed by atoms with Crippen LogP contribution in [0.25, 0.3) is 0 Å². The number of likely N-dealkylation sites (tertiary alicyclic amines) is 1. The van der Waals surface area contributed by atoms with E-state index in [9.17, 15) is 9.59 Å². The van der Waals surface area contributed by atoms with Gasteiger partial charge < -0.3 is 19.6 Å². The number of carbonyl (C=O) groups excluding carboxylic acids is 1. The van der Waals surface area contributed by atoms with E-state index in [4.69, 9.17) is 9.84 Å². The van der Waals surface area contributed by atoms with Crippen molar-refractivity contribution in [2.45, 2.75) is 26.9 Å². The van der Waals surface area contributed by atoms with E-state index in [1.54, 1.807) is 23.8 Å². The Hall–Kier alpha value is -1.30. The molecule has 0 aliphatic carbocycles. The normalized spacial score (nSPS) is 17.2. The van der Waals surface area contributed by atoms with Crippen LogP contribution in [0.15, 0.2) is 0 Å². The molecule has 110 valence electrons. The molecule has 1 aliphatic heterocycles. The molecule has 6 nitrogen and oxygen atoms in total. The first-order valence-electron chi connectivity index (χ1n) is 6.67. The first-order valence-corrected chi connectivity index (χ1v) is 6.67. The summed E-state index contributed by atoms with van der Waals surface area (Å²) in [4.78, 5) is 26.1. The number of ether oxygens (including phenoxy) is 1. The van der Waals surface area contributed by atoms with Crippen LogP contribution in [0.1, 0.15) is 20.8 Å². The molecule has 0 saturated carbocycles. The Labute approximate surface area is 114 Å². The fourth-order valence-corrected chi connectivity index (χ4v) is 1.95. The van der Waals surface area contributed by atoms with Gasteiger partial charge in [0.1, 0.15) is 0 Å². The fraction of sp³-hybridized carbons (Fsp3) is 0.846. The number of hydrogen-bond acceptors (Lipinski definition) is 3. The van der Waals surface area contributed by atoms with Crippen molar-refractivity contribution >= 4 is 12.0 Å². The topological polar surface area (TPSA) is 70.1 Å². The summed E-state index contributed by atoms with van der Waals surface area (Å²) < 4.78 is 5.39. The lowest BCUT2D eigenvalue weighted by atomic mass is 9.87. The molecule has 19 heavy (non-hydrogen) atoms. The molecule has 1 aliphatic rings.